The van der Waals surface area contributed by atoms with Crippen LogP contribution in [0.1, 0.15) is 6.92 Å². The quantitative estimate of drug-likeness (QED) is 0.864. The smallest absolute Gasteiger partial charge is 0.415 e. The molecule has 2 rings (SSSR count). The Morgan fingerprint density at radius 3 is 2.90 bits per heavy atom. The van der Waals surface area contributed by atoms with E-state index >= 15 is 0 Å². The van der Waals surface area contributed by atoms with Crippen molar-refractivity contribution < 1.29 is 14.3 Å². The summed E-state index contributed by atoms with van der Waals surface area (Å²) in [5.41, 5.74) is 1.05. The van der Waals surface area contributed by atoms with Crippen molar-refractivity contribution in [2.75, 3.05) is 22.2 Å². The highest BCUT2D eigenvalue weighted by Crippen LogP contribution is 2.35. The van der Waals surface area contributed by atoms with Gasteiger partial charge in [0.25, 0.3) is 0 Å². The second-order valence-corrected chi connectivity index (χ2v) is 5.91. The Bertz CT molecular complexity index is 606. The highest BCUT2D eigenvalue weighted by atomic mass is 35.5. The maximum atomic E-state index is 12.3. The third kappa shape index (κ3) is 3.33. The first-order valence-corrected chi connectivity index (χ1v) is 7.97. The molecule has 1 aromatic carbocycles. The number of carbonyl (C=O) groups excluding carboxylic acids is 2. The number of anilines is 2. The first kappa shape index (κ1) is 15.7. The summed E-state index contributed by atoms with van der Waals surface area (Å²) in [6.45, 7) is 5.13. The molecule has 7 heteroatoms. The molecule has 1 aliphatic rings. The van der Waals surface area contributed by atoms with E-state index in [0.717, 1.165) is 0 Å². The fourth-order valence-corrected chi connectivity index (χ4v) is 2.83. The number of allylic oxidation sites excluding steroid dienone is 1. The zero-order valence-corrected chi connectivity index (χ0v) is 13.3. The standard InChI is InChI=1S/C14H15ClN2O3S/c1-8(2)20-14(19)17-11-6-9(15)4-5-10(11)16-13(18)12(17)7-21-3/h4-6,12H,1,7H2,2-3H3,(H,16,18)/t12-/m0/s1. The number of benzene rings is 1. The SMILES string of the molecule is C=C(C)OC(=O)N1c2cc(Cl)ccc2NC(=O)[C@@H]1CSC. The van der Waals surface area contributed by atoms with Gasteiger partial charge in [0.05, 0.1) is 17.1 Å². The number of rotatable bonds is 3. The zero-order valence-electron chi connectivity index (χ0n) is 11.7. The van der Waals surface area contributed by atoms with Crippen LogP contribution in [0.5, 0.6) is 0 Å². The fourth-order valence-electron chi connectivity index (χ4n) is 2.04. The van der Waals surface area contributed by atoms with Crippen LogP contribution in [0.3, 0.4) is 0 Å². The molecule has 0 spiro atoms. The first-order chi connectivity index (χ1) is 9.93. The van der Waals surface area contributed by atoms with E-state index in [0.29, 0.717) is 22.2 Å². The van der Waals surface area contributed by atoms with Gasteiger partial charge in [0, 0.05) is 10.8 Å². The normalized spacial score (nSPS) is 17.0. The van der Waals surface area contributed by atoms with Gasteiger partial charge in [-0.3, -0.25) is 9.69 Å². The van der Waals surface area contributed by atoms with Crippen molar-refractivity contribution in [1.29, 1.82) is 0 Å². The molecule has 0 unspecified atom stereocenters. The Hall–Kier alpha value is -1.66. The maximum Gasteiger partial charge on any atom is 0.420 e. The summed E-state index contributed by atoms with van der Waals surface area (Å²) in [5.74, 6) is 0.457. The summed E-state index contributed by atoms with van der Waals surface area (Å²) >= 11 is 7.46. The highest BCUT2D eigenvalue weighted by molar-refractivity contribution is 7.98. The first-order valence-electron chi connectivity index (χ1n) is 6.20. The lowest BCUT2D eigenvalue weighted by atomic mass is 10.1. The molecule has 0 saturated heterocycles. The Kier molecular flexibility index (Phi) is 4.80. The third-order valence-electron chi connectivity index (χ3n) is 2.87. The minimum atomic E-state index is -0.655. The average molecular weight is 327 g/mol. The Balaban J connectivity index is 2.48. The van der Waals surface area contributed by atoms with E-state index in [-0.39, 0.29) is 11.7 Å². The third-order valence-corrected chi connectivity index (χ3v) is 3.76. The van der Waals surface area contributed by atoms with Gasteiger partial charge in [-0.05, 0) is 31.4 Å². The van der Waals surface area contributed by atoms with Gasteiger partial charge in [0.2, 0.25) is 5.91 Å². The Morgan fingerprint density at radius 2 is 2.29 bits per heavy atom. The van der Waals surface area contributed by atoms with Crippen molar-refractivity contribution in [1.82, 2.24) is 0 Å². The number of amides is 2. The predicted molar refractivity (Wildman–Crippen MR) is 86.0 cm³/mol. The minimum Gasteiger partial charge on any atom is -0.415 e. The predicted octanol–water partition coefficient (Wildman–Crippen LogP) is 3.50. The van der Waals surface area contributed by atoms with E-state index in [9.17, 15) is 9.59 Å². The molecule has 1 N–H and O–H groups in total. The van der Waals surface area contributed by atoms with Crippen LogP contribution in [0.15, 0.2) is 30.5 Å². The molecule has 1 aromatic rings. The van der Waals surface area contributed by atoms with Crippen molar-refractivity contribution in [2.45, 2.75) is 13.0 Å². The fraction of sp³-hybridized carbons (Fsp3) is 0.286. The highest BCUT2D eigenvalue weighted by Gasteiger charge is 2.37. The van der Waals surface area contributed by atoms with Gasteiger partial charge >= 0.3 is 6.09 Å². The van der Waals surface area contributed by atoms with Gasteiger partial charge < -0.3 is 10.1 Å². The minimum absolute atomic E-state index is 0.252. The van der Waals surface area contributed by atoms with Crippen LogP contribution in [0.25, 0.3) is 0 Å². The molecule has 112 valence electrons. The van der Waals surface area contributed by atoms with Crippen molar-refractivity contribution in [3.63, 3.8) is 0 Å². The number of ether oxygens (including phenoxy) is 1. The van der Waals surface area contributed by atoms with Crippen molar-refractivity contribution in [3.8, 4) is 0 Å². The molecular weight excluding hydrogens is 312 g/mol. The van der Waals surface area contributed by atoms with Gasteiger partial charge in [-0.1, -0.05) is 18.2 Å². The number of hydrogen-bond donors (Lipinski definition) is 1. The number of nitrogens with one attached hydrogen (secondary N) is 1. The molecule has 1 atom stereocenters. The summed E-state index contributed by atoms with van der Waals surface area (Å²) in [6, 6.07) is 4.28. The number of thioether (sulfide) groups is 1. The second kappa shape index (κ2) is 6.41. The molecule has 21 heavy (non-hydrogen) atoms. The van der Waals surface area contributed by atoms with Crippen LogP contribution >= 0.6 is 23.4 Å². The molecule has 1 heterocycles. The summed E-state index contributed by atoms with van der Waals surface area (Å²) in [4.78, 5) is 25.9. The largest absolute Gasteiger partial charge is 0.420 e. The number of hydrogen-bond acceptors (Lipinski definition) is 4. The second-order valence-electron chi connectivity index (χ2n) is 4.56. The monoisotopic (exact) mass is 326 g/mol. The van der Waals surface area contributed by atoms with Crippen LogP contribution in [0.2, 0.25) is 5.02 Å². The summed E-state index contributed by atoms with van der Waals surface area (Å²) in [5, 5.41) is 3.25. The number of halogens is 1. The Labute approximate surface area is 132 Å². The molecule has 0 aliphatic carbocycles. The lowest BCUT2D eigenvalue weighted by Crippen LogP contribution is -2.52. The molecule has 5 nitrogen and oxygen atoms in total. The topological polar surface area (TPSA) is 58.6 Å². The average Bonchev–Trinajstić information content (AvgIpc) is 2.39. The number of carbonyl (C=O) groups is 2. The van der Waals surface area contributed by atoms with E-state index in [1.807, 2.05) is 6.26 Å². The molecule has 0 saturated carbocycles. The van der Waals surface area contributed by atoms with Crippen molar-refractivity contribution in [3.05, 3.63) is 35.6 Å². The van der Waals surface area contributed by atoms with Crippen LogP contribution < -0.4 is 10.2 Å². The summed E-state index contributed by atoms with van der Waals surface area (Å²) in [6.07, 6.45) is 1.23. The molecule has 0 aromatic heterocycles. The van der Waals surface area contributed by atoms with E-state index in [2.05, 4.69) is 11.9 Å². The molecule has 0 fully saturated rings. The van der Waals surface area contributed by atoms with Gasteiger partial charge in [-0.25, -0.2) is 4.79 Å². The van der Waals surface area contributed by atoms with Crippen molar-refractivity contribution in [2.24, 2.45) is 0 Å². The van der Waals surface area contributed by atoms with Gasteiger partial charge in [0.15, 0.2) is 0 Å². The van der Waals surface area contributed by atoms with Gasteiger partial charge in [0.1, 0.15) is 6.04 Å². The Morgan fingerprint density at radius 1 is 1.57 bits per heavy atom. The lowest BCUT2D eigenvalue weighted by Gasteiger charge is -2.35. The molecule has 0 radical (unpaired) electrons. The van der Waals surface area contributed by atoms with E-state index < -0.39 is 12.1 Å². The molecule has 1 aliphatic heterocycles. The lowest BCUT2D eigenvalue weighted by molar-refractivity contribution is -0.117. The van der Waals surface area contributed by atoms with Crippen LogP contribution in [0, 0.1) is 0 Å². The van der Waals surface area contributed by atoms with E-state index in [1.54, 1.807) is 25.1 Å². The molecule has 2 amide bonds. The number of fused-ring (bicyclic) bond motifs is 1. The zero-order chi connectivity index (χ0) is 15.6. The number of nitrogens with zero attached hydrogens (tertiary/aromatic N) is 1. The van der Waals surface area contributed by atoms with Crippen LogP contribution in [0.4, 0.5) is 16.2 Å². The van der Waals surface area contributed by atoms with Gasteiger partial charge in [-0.15, -0.1) is 0 Å². The molecular formula is C14H15ClN2O3S. The van der Waals surface area contributed by atoms with E-state index in [4.69, 9.17) is 16.3 Å². The van der Waals surface area contributed by atoms with Gasteiger partial charge in [-0.2, -0.15) is 11.8 Å². The van der Waals surface area contributed by atoms with Crippen LogP contribution in [-0.4, -0.2) is 30.1 Å². The van der Waals surface area contributed by atoms with E-state index in [1.165, 1.54) is 16.7 Å². The summed E-state index contributed by atoms with van der Waals surface area (Å²) in [7, 11) is 0. The maximum absolute atomic E-state index is 12.3. The van der Waals surface area contributed by atoms with Crippen molar-refractivity contribution >= 4 is 46.7 Å². The molecule has 0 bridgehead atoms. The van der Waals surface area contributed by atoms with Crippen LogP contribution in [-0.2, 0) is 9.53 Å². The summed E-state index contributed by atoms with van der Waals surface area (Å²) < 4.78 is 5.07.